The molecule has 4 saturated carbocycles. The van der Waals surface area contributed by atoms with Crippen LogP contribution in [0.25, 0.3) is 0 Å². The molecule has 4 fully saturated rings. The van der Waals surface area contributed by atoms with Gasteiger partial charge in [-0.2, -0.15) is 0 Å². The number of carbonyl (C=O) groups is 1. The van der Waals surface area contributed by atoms with Gasteiger partial charge in [0.2, 0.25) is 11.7 Å². The molecular weight excluding hydrogens is 354 g/mol. The van der Waals surface area contributed by atoms with E-state index in [1.165, 1.54) is 6.42 Å². The van der Waals surface area contributed by atoms with Crippen molar-refractivity contribution in [1.82, 2.24) is 0 Å². The van der Waals surface area contributed by atoms with Gasteiger partial charge in [-0.1, -0.05) is 0 Å². The molecule has 4 aliphatic rings. The summed E-state index contributed by atoms with van der Waals surface area (Å²) in [5.74, 6) is 2.82. The predicted octanol–water partition coefficient (Wildman–Crippen LogP) is 4.23. The van der Waals surface area contributed by atoms with E-state index in [-0.39, 0.29) is 16.2 Å². The van der Waals surface area contributed by atoms with Gasteiger partial charge in [0.15, 0.2) is 11.5 Å². The minimum absolute atomic E-state index is 0.0749. The molecule has 26 heavy (non-hydrogen) atoms. The fraction of sp³-hybridized carbons (Fsp3) is 0.650. The van der Waals surface area contributed by atoms with E-state index >= 15 is 0 Å². The smallest absolute Gasteiger partial charge is 0.230 e. The van der Waals surface area contributed by atoms with E-state index in [1.54, 1.807) is 33.5 Å². The monoisotopic (exact) mass is 379 g/mol. The lowest BCUT2D eigenvalue weighted by Crippen LogP contribution is -2.57. The lowest BCUT2D eigenvalue weighted by molar-refractivity contribution is -0.138. The van der Waals surface area contributed by atoms with Gasteiger partial charge in [0.25, 0.3) is 0 Å². The third kappa shape index (κ3) is 2.81. The van der Waals surface area contributed by atoms with E-state index in [0.717, 1.165) is 32.1 Å². The average molecular weight is 380 g/mol. The molecule has 4 aliphatic carbocycles. The summed E-state index contributed by atoms with van der Waals surface area (Å²) in [6.07, 6.45) is 6.04. The molecule has 0 aliphatic heterocycles. The van der Waals surface area contributed by atoms with Gasteiger partial charge in [-0.25, -0.2) is 0 Å². The highest BCUT2D eigenvalue weighted by Gasteiger charge is 2.60. The van der Waals surface area contributed by atoms with Crippen LogP contribution in [0, 0.1) is 17.3 Å². The molecule has 5 nitrogen and oxygen atoms in total. The SMILES string of the molecule is COc1cc(NC(=O)C23C[C@@H]4C[C@@H](CC(Cl)(C4)C2)C3)cc(OC)c1OC. The Morgan fingerprint density at radius 1 is 1.04 bits per heavy atom. The van der Waals surface area contributed by atoms with Crippen LogP contribution in [0.3, 0.4) is 0 Å². The third-order valence-electron chi connectivity index (χ3n) is 6.39. The Morgan fingerprint density at radius 2 is 1.62 bits per heavy atom. The number of alkyl halides is 1. The Labute approximate surface area is 159 Å². The fourth-order valence-electron chi connectivity index (χ4n) is 5.83. The van der Waals surface area contributed by atoms with Crippen molar-refractivity contribution in [1.29, 1.82) is 0 Å². The first-order valence-electron chi connectivity index (χ1n) is 9.21. The molecule has 5 rings (SSSR count). The predicted molar refractivity (Wildman–Crippen MR) is 100 cm³/mol. The van der Waals surface area contributed by atoms with Gasteiger partial charge in [-0.05, 0) is 50.4 Å². The van der Waals surface area contributed by atoms with Crippen LogP contribution in [0.5, 0.6) is 17.2 Å². The number of anilines is 1. The Morgan fingerprint density at radius 3 is 2.08 bits per heavy atom. The van der Waals surface area contributed by atoms with E-state index in [1.807, 2.05) is 0 Å². The molecule has 0 radical (unpaired) electrons. The van der Waals surface area contributed by atoms with Gasteiger partial charge in [0.1, 0.15) is 0 Å². The maximum atomic E-state index is 13.3. The highest BCUT2D eigenvalue weighted by atomic mass is 35.5. The first-order chi connectivity index (χ1) is 12.4. The molecule has 0 spiro atoms. The molecule has 0 aromatic heterocycles. The van der Waals surface area contributed by atoms with Crippen LogP contribution in [0.1, 0.15) is 38.5 Å². The van der Waals surface area contributed by atoms with E-state index in [9.17, 15) is 4.79 Å². The van der Waals surface area contributed by atoms with Gasteiger partial charge in [-0.3, -0.25) is 4.79 Å². The molecule has 1 aromatic carbocycles. The zero-order valence-corrected chi connectivity index (χ0v) is 16.3. The summed E-state index contributed by atoms with van der Waals surface area (Å²) in [7, 11) is 4.70. The number of halogens is 1. The zero-order valence-electron chi connectivity index (χ0n) is 15.6. The average Bonchev–Trinajstić information content (AvgIpc) is 2.58. The van der Waals surface area contributed by atoms with Crippen LogP contribution in [0.4, 0.5) is 5.69 Å². The Hall–Kier alpha value is -1.62. The Balaban J connectivity index is 1.61. The first kappa shape index (κ1) is 17.8. The van der Waals surface area contributed by atoms with Gasteiger partial charge in [0.05, 0.1) is 26.7 Å². The summed E-state index contributed by atoms with van der Waals surface area (Å²) in [5, 5.41) is 3.10. The number of carbonyl (C=O) groups excluding carboxylic acids is 1. The molecule has 2 unspecified atom stereocenters. The third-order valence-corrected chi connectivity index (χ3v) is 6.84. The lowest BCUT2D eigenvalue weighted by atomic mass is 9.49. The normalized spacial score (nSPS) is 34.5. The summed E-state index contributed by atoms with van der Waals surface area (Å²) >= 11 is 6.87. The van der Waals surface area contributed by atoms with Crippen LogP contribution in [-0.4, -0.2) is 32.1 Å². The minimum atomic E-state index is -0.341. The van der Waals surface area contributed by atoms with Crippen molar-refractivity contribution in [2.75, 3.05) is 26.6 Å². The van der Waals surface area contributed by atoms with Crippen LogP contribution in [0.2, 0.25) is 0 Å². The van der Waals surface area contributed by atoms with Crippen molar-refractivity contribution >= 4 is 23.2 Å². The van der Waals surface area contributed by atoms with Crippen LogP contribution in [0.15, 0.2) is 12.1 Å². The minimum Gasteiger partial charge on any atom is -0.493 e. The molecule has 0 saturated heterocycles. The van der Waals surface area contributed by atoms with E-state index in [0.29, 0.717) is 34.8 Å². The fourth-order valence-corrected chi connectivity index (χ4v) is 6.53. The van der Waals surface area contributed by atoms with Crippen molar-refractivity contribution in [2.45, 2.75) is 43.4 Å². The number of hydrogen-bond acceptors (Lipinski definition) is 4. The van der Waals surface area contributed by atoms with E-state index in [4.69, 9.17) is 25.8 Å². The van der Waals surface area contributed by atoms with Crippen LogP contribution < -0.4 is 19.5 Å². The highest BCUT2D eigenvalue weighted by Crippen LogP contribution is 2.64. The van der Waals surface area contributed by atoms with Crippen molar-refractivity contribution in [3.05, 3.63) is 12.1 Å². The number of methoxy groups -OCH3 is 3. The number of nitrogens with one attached hydrogen (secondary N) is 1. The maximum Gasteiger partial charge on any atom is 0.230 e. The van der Waals surface area contributed by atoms with Gasteiger partial charge in [0, 0.05) is 22.7 Å². The molecule has 4 atom stereocenters. The summed E-state index contributed by atoms with van der Waals surface area (Å²) in [6, 6.07) is 3.55. The van der Waals surface area contributed by atoms with Gasteiger partial charge < -0.3 is 19.5 Å². The number of ether oxygens (including phenoxy) is 3. The molecule has 1 N–H and O–H groups in total. The standard InChI is InChI=1S/C20H26ClNO4/c1-24-15-5-14(6-16(25-2)17(15)26-3)22-18(23)19-7-12-4-13(8-19)10-20(21,9-12)11-19/h5-6,12-13H,4,7-11H2,1-3H3,(H,22,23)/t12-,13+,19?,20?. The van der Waals surface area contributed by atoms with E-state index in [2.05, 4.69) is 5.32 Å². The number of hydrogen-bond donors (Lipinski definition) is 1. The van der Waals surface area contributed by atoms with Gasteiger partial charge in [-0.15, -0.1) is 11.6 Å². The maximum absolute atomic E-state index is 13.3. The van der Waals surface area contributed by atoms with Crippen LogP contribution in [-0.2, 0) is 4.79 Å². The molecular formula is C20H26ClNO4. The Kier molecular flexibility index (Phi) is 4.25. The number of amides is 1. The van der Waals surface area contributed by atoms with E-state index < -0.39 is 0 Å². The van der Waals surface area contributed by atoms with Crippen molar-refractivity contribution in [2.24, 2.45) is 17.3 Å². The molecule has 6 heteroatoms. The van der Waals surface area contributed by atoms with Gasteiger partial charge >= 0.3 is 0 Å². The highest BCUT2D eigenvalue weighted by molar-refractivity contribution is 6.24. The van der Waals surface area contributed by atoms with Crippen LogP contribution >= 0.6 is 11.6 Å². The Bertz CT molecular complexity index is 696. The molecule has 142 valence electrons. The quantitative estimate of drug-likeness (QED) is 0.778. The largest absolute Gasteiger partial charge is 0.493 e. The second-order valence-corrected chi connectivity index (χ2v) is 9.06. The molecule has 1 amide bonds. The number of benzene rings is 1. The first-order valence-corrected chi connectivity index (χ1v) is 9.58. The zero-order chi connectivity index (χ0) is 18.5. The molecule has 4 bridgehead atoms. The van der Waals surface area contributed by atoms with Crippen molar-refractivity contribution in [3.8, 4) is 17.2 Å². The number of rotatable bonds is 5. The summed E-state index contributed by atoms with van der Waals surface area (Å²) in [6.45, 7) is 0. The topological polar surface area (TPSA) is 56.8 Å². The molecule has 0 heterocycles. The summed E-state index contributed by atoms with van der Waals surface area (Å²) in [5.41, 5.74) is 0.315. The second kappa shape index (κ2) is 6.22. The second-order valence-electron chi connectivity index (χ2n) is 8.26. The summed E-state index contributed by atoms with van der Waals surface area (Å²) in [4.78, 5) is 13.1. The van der Waals surface area contributed by atoms with Crippen molar-refractivity contribution < 1.29 is 19.0 Å². The lowest BCUT2D eigenvalue weighted by Gasteiger charge is -2.59. The molecule has 1 aromatic rings. The van der Waals surface area contributed by atoms with Crippen molar-refractivity contribution in [3.63, 3.8) is 0 Å². The summed E-state index contributed by atoms with van der Waals surface area (Å²) < 4.78 is 16.1.